The minimum Gasteiger partial charge on any atom is -0.355 e. The van der Waals surface area contributed by atoms with Gasteiger partial charge in [0.25, 0.3) is 5.91 Å². The standard InChI is InChI=1S/C28H33F2N5O3/c1-5-18(2)15-35-16-28(17-35,14-25(36)32-27(3,4)24-8-6-7-11-31-24)33-26(37)22-13-23(38-34-22)20-10-9-19(29)12-21(20)30/h6-13,18H,5,14-17H2,1-4H3,(H,32,36)(H,33,37). The van der Waals surface area contributed by atoms with E-state index in [1.807, 2.05) is 32.0 Å². The van der Waals surface area contributed by atoms with Crippen molar-refractivity contribution in [2.75, 3.05) is 19.6 Å². The lowest BCUT2D eigenvalue weighted by atomic mass is 9.84. The van der Waals surface area contributed by atoms with Crippen LogP contribution in [0.25, 0.3) is 11.3 Å². The summed E-state index contributed by atoms with van der Waals surface area (Å²) < 4.78 is 32.6. The molecule has 10 heteroatoms. The molecule has 1 saturated heterocycles. The lowest BCUT2D eigenvalue weighted by Gasteiger charge is -2.51. The zero-order chi connectivity index (χ0) is 27.5. The summed E-state index contributed by atoms with van der Waals surface area (Å²) in [5, 5.41) is 9.80. The molecule has 1 atom stereocenters. The van der Waals surface area contributed by atoms with Gasteiger partial charge < -0.3 is 15.2 Å². The van der Waals surface area contributed by atoms with Gasteiger partial charge >= 0.3 is 0 Å². The topological polar surface area (TPSA) is 100 Å². The van der Waals surface area contributed by atoms with Crippen LogP contribution >= 0.6 is 0 Å². The van der Waals surface area contributed by atoms with Crippen LogP contribution < -0.4 is 10.6 Å². The van der Waals surface area contributed by atoms with Gasteiger partial charge in [-0.2, -0.15) is 0 Å². The number of aromatic nitrogens is 2. The Balaban J connectivity index is 1.48. The molecule has 202 valence electrons. The second kappa shape index (κ2) is 11.0. The Hall–Kier alpha value is -3.66. The van der Waals surface area contributed by atoms with Crippen molar-refractivity contribution in [3.8, 4) is 11.3 Å². The van der Waals surface area contributed by atoms with Gasteiger partial charge in [0.1, 0.15) is 11.6 Å². The van der Waals surface area contributed by atoms with Crippen LogP contribution in [0.1, 0.15) is 56.7 Å². The number of hydrogen-bond donors (Lipinski definition) is 2. The third-order valence-electron chi connectivity index (χ3n) is 6.89. The van der Waals surface area contributed by atoms with Crippen molar-refractivity contribution in [1.29, 1.82) is 0 Å². The predicted molar refractivity (Wildman–Crippen MR) is 138 cm³/mol. The summed E-state index contributed by atoms with van der Waals surface area (Å²) >= 11 is 0. The summed E-state index contributed by atoms with van der Waals surface area (Å²) in [5.74, 6) is -1.83. The Labute approximate surface area is 220 Å². The third kappa shape index (κ3) is 6.24. The zero-order valence-corrected chi connectivity index (χ0v) is 22.1. The first-order valence-electron chi connectivity index (χ1n) is 12.7. The normalized spacial score (nSPS) is 15.9. The van der Waals surface area contributed by atoms with Gasteiger partial charge in [0, 0.05) is 38.0 Å². The third-order valence-corrected chi connectivity index (χ3v) is 6.89. The molecular weight excluding hydrogens is 492 g/mol. The minimum absolute atomic E-state index is 0.00330. The number of nitrogens with one attached hydrogen (secondary N) is 2. The number of hydrogen-bond acceptors (Lipinski definition) is 6. The number of halogens is 2. The zero-order valence-electron chi connectivity index (χ0n) is 22.1. The number of carbonyl (C=O) groups excluding carboxylic acids is 2. The van der Waals surface area contributed by atoms with Gasteiger partial charge in [-0.05, 0) is 44.0 Å². The van der Waals surface area contributed by atoms with E-state index in [0.29, 0.717) is 19.0 Å². The van der Waals surface area contributed by atoms with Crippen LogP contribution in [0.3, 0.4) is 0 Å². The second-order valence-corrected chi connectivity index (χ2v) is 10.7. The van der Waals surface area contributed by atoms with E-state index in [1.54, 1.807) is 6.20 Å². The number of nitrogens with zero attached hydrogens (tertiary/aromatic N) is 3. The first-order valence-corrected chi connectivity index (χ1v) is 12.7. The van der Waals surface area contributed by atoms with Crippen LogP contribution in [-0.2, 0) is 10.3 Å². The highest BCUT2D eigenvalue weighted by atomic mass is 19.1. The second-order valence-electron chi connectivity index (χ2n) is 10.7. The minimum atomic E-state index is -0.823. The molecule has 0 radical (unpaired) electrons. The average molecular weight is 526 g/mol. The molecule has 3 heterocycles. The fraction of sp³-hybridized carbons (Fsp3) is 0.429. The van der Waals surface area contributed by atoms with Gasteiger partial charge in [0.05, 0.1) is 28.8 Å². The molecule has 1 unspecified atom stereocenters. The summed E-state index contributed by atoms with van der Waals surface area (Å²) in [6.07, 6.45) is 2.76. The van der Waals surface area contributed by atoms with Crippen LogP contribution in [0.15, 0.2) is 53.2 Å². The fourth-order valence-electron chi connectivity index (χ4n) is 4.74. The molecule has 1 aromatic carbocycles. The number of rotatable bonds is 10. The molecule has 1 aliphatic rings. The number of benzene rings is 1. The molecule has 2 N–H and O–H groups in total. The first kappa shape index (κ1) is 27.4. The van der Waals surface area contributed by atoms with Gasteiger partial charge in [0.15, 0.2) is 11.5 Å². The summed E-state index contributed by atoms with van der Waals surface area (Å²) in [4.78, 5) is 32.9. The number of amides is 2. The molecule has 0 saturated carbocycles. The highest BCUT2D eigenvalue weighted by Gasteiger charge is 2.46. The molecule has 4 rings (SSSR count). The van der Waals surface area contributed by atoms with Crippen molar-refractivity contribution >= 4 is 11.8 Å². The Morgan fingerprint density at radius 2 is 1.95 bits per heavy atom. The molecule has 8 nitrogen and oxygen atoms in total. The molecular formula is C28H33F2N5O3. The van der Waals surface area contributed by atoms with Gasteiger partial charge in [-0.15, -0.1) is 0 Å². The quantitative estimate of drug-likeness (QED) is 0.410. The van der Waals surface area contributed by atoms with E-state index < -0.39 is 28.6 Å². The Bertz CT molecular complexity index is 1290. The summed E-state index contributed by atoms with van der Waals surface area (Å²) in [7, 11) is 0. The largest absolute Gasteiger partial charge is 0.355 e. The van der Waals surface area contributed by atoms with E-state index in [0.717, 1.165) is 30.8 Å². The molecule has 0 bridgehead atoms. The van der Waals surface area contributed by atoms with Crippen molar-refractivity contribution < 1.29 is 22.9 Å². The number of pyridine rings is 1. The van der Waals surface area contributed by atoms with E-state index in [-0.39, 0.29) is 29.3 Å². The van der Waals surface area contributed by atoms with Crippen molar-refractivity contribution in [3.63, 3.8) is 0 Å². The van der Waals surface area contributed by atoms with Gasteiger partial charge in [-0.1, -0.05) is 31.5 Å². The van der Waals surface area contributed by atoms with Crippen molar-refractivity contribution in [3.05, 3.63) is 71.7 Å². The molecule has 1 fully saturated rings. The summed E-state index contributed by atoms with van der Waals surface area (Å²) in [6, 6.07) is 9.88. The van der Waals surface area contributed by atoms with E-state index in [1.165, 1.54) is 12.1 Å². The lowest BCUT2D eigenvalue weighted by molar-refractivity contribution is -0.126. The van der Waals surface area contributed by atoms with Gasteiger partial charge in [-0.3, -0.25) is 19.5 Å². The Morgan fingerprint density at radius 3 is 2.61 bits per heavy atom. The Kier molecular flexibility index (Phi) is 7.91. The van der Waals surface area contributed by atoms with Crippen molar-refractivity contribution in [1.82, 2.24) is 25.7 Å². The highest BCUT2D eigenvalue weighted by molar-refractivity contribution is 5.94. The van der Waals surface area contributed by atoms with Crippen LogP contribution in [0.4, 0.5) is 8.78 Å². The van der Waals surface area contributed by atoms with Crippen LogP contribution in [0.2, 0.25) is 0 Å². The van der Waals surface area contributed by atoms with E-state index in [9.17, 15) is 18.4 Å². The van der Waals surface area contributed by atoms with Gasteiger partial charge in [0.2, 0.25) is 5.91 Å². The lowest BCUT2D eigenvalue weighted by Crippen LogP contribution is -2.71. The predicted octanol–water partition coefficient (Wildman–Crippen LogP) is 4.29. The van der Waals surface area contributed by atoms with Crippen LogP contribution in [0.5, 0.6) is 0 Å². The number of carbonyl (C=O) groups is 2. The number of likely N-dealkylation sites (tertiary alicyclic amines) is 1. The average Bonchev–Trinajstić information content (AvgIpc) is 3.33. The SMILES string of the molecule is CCC(C)CN1CC(CC(=O)NC(C)(C)c2ccccn2)(NC(=O)c2cc(-c3ccc(F)cc3F)on2)C1. The molecule has 0 aliphatic carbocycles. The maximum Gasteiger partial charge on any atom is 0.274 e. The molecule has 2 aromatic heterocycles. The summed E-state index contributed by atoms with van der Waals surface area (Å²) in [5.41, 5.74) is -0.856. The van der Waals surface area contributed by atoms with Crippen molar-refractivity contribution in [2.45, 2.75) is 51.6 Å². The fourth-order valence-corrected chi connectivity index (χ4v) is 4.74. The summed E-state index contributed by atoms with van der Waals surface area (Å²) in [6.45, 7) is 9.88. The molecule has 3 aromatic rings. The maximum absolute atomic E-state index is 14.2. The van der Waals surface area contributed by atoms with E-state index in [2.05, 4.69) is 39.5 Å². The Morgan fingerprint density at radius 1 is 1.18 bits per heavy atom. The van der Waals surface area contributed by atoms with Crippen LogP contribution in [-0.4, -0.2) is 52.0 Å². The van der Waals surface area contributed by atoms with Gasteiger partial charge in [-0.25, -0.2) is 8.78 Å². The maximum atomic E-state index is 14.2. The molecule has 38 heavy (non-hydrogen) atoms. The van der Waals surface area contributed by atoms with E-state index in [4.69, 9.17) is 4.52 Å². The van der Waals surface area contributed by atoms with Crippen LogP contribution in [0, 0.1) is 17.6 Å². The monoisotopic (exact) mass is 525 g/mol. The molecule has 1 aliphatic heterocycles. The van der Waals surface area contributed by atoms with E-state index >= 15 is 0 Å². The molecule has 2 amide bonds. The highest BCUT2D eigenvalue weighted by Crippen LogP contribution is 2.29. The molecule has 0 spiro atoms. The van der Waals surface area contributed by atoms with Crippen molar-refractivity contribution in [2.24, 2.45) is 5.92 Å². The smallest absolute Gasteiger partial charge is 0.274 e. The first-order chi connectivity index (χ1) is 18.0.